The lowest BCUT2D eigenvalue weighted by atomic mass is 9.78. The minimum absolute atomic E-state index is 0.312. The molecule has 0 aromatic rings. The molecule has 0 aromatic carbocycles. The molecule has 0 aliphatic carbocycles. The standard InChI is InChI=1S/C37H65N3O8/c1-32(2)17-23(18-33(3,4)38(32)13)46-29(43)26(16-27(41)42)28(30(44)47-24-19-34(5,6)39(14)35(7,8)20-24)31(45)48-25-21-36(9,10)40(15)37(11,12)22-25/h23-26,28H,16-22H2,1-15H3,(H,41,42). The summed E-state index contributed by atoms with van der Waals surface area (Å²) in [4.78, 5) is 61.5. The predicted octanol–water partition coefficient (Wildman–Crippen LogP) is 5.28. The highest BCUT2D eigenvalue weighted by Gasteiger charge is 2.52. The fourth-order valence-corrected chi connectivity index (χ4v) is 8.77. The number of hydrogen-bond donors (Lipinski definition) is 1. The van der Waals surface area contributed by atoms with Crippen LogP contribution in [0.15, 0.2) is 0 Å². The van der Waals surface area contributed by atoms with E-state index in [1.807, 2.05) is 21.1 Å². The first-order valence-corrected chi connectivity index (χ1v) is 17.6. The van der Waals surface area contributed by atoms with Gasteiger partial charge in [0, 0.05) is 71.8 Å². The highest BCUT2D eigenvalue weighted by molar-refractivity contribution is 6.00. The predicted molar refractivity (Wildman–Crippen MR) is 184 cm³/mol. The molecule has 0 amide bonds. The fourth-order valence-electron chi connectivity index (χ4n) is 8.77. The van der Waals surface area contributed by atoms with Crippen LogP contribution in [0.4, 0.5) is 0 Å². The number of carboxylic acid groups (broad SMARTS) is 1. The summed E-state index contributed by atoms with van der Waals surface area (Å²) < 4.78 is 18.2. The lowest BCUT2D eigenvalue weighted by Crippen LogP contribution is -2.61. The van der Waals surface area contributed by atoms with Gasteiger partial charge in [0.15, 0.2) is 5.92 Å². The summed E-state index contributed by atoms with van der Waals surface area (Å²) in [6.45, 7) is 24.8. The Morgan fingerprint density at radius 3 is 0.979 bits per heavy atom. The van der Waals surface area contributed by atoms with Gasteiger partial charge in [-0.3, -0.25) is 33.9 Å². The summed E-state index contributed by atoms with van der Waals surface area (Å²) in [5.74, 6) is -7.52. The van der Waals surface area contributed by atoms with Gasteiger partial charge in [-0.1, -0.05) is 0 Å². The minimum Gasteiger partial charge on any atom is -0.481 e. The van der Waals surface area contributed by atoms with Crippen LogP contribution in [0.2, 0.25) is 0 Å². The van der Waals surface area contributed by atoms with Gasteiger partial charge >= 0.3 is 23.9 Å². The van der Waals surface area contributed by atoms with E-state index in [2.05, 4.69) is 97.8 Å². The molecular weight excluding hydrogens is 614 g/mol. The Morgan fingerprint density at radius 2 is 0.750 bits per heavy atom. The van der Waals surface area contributed by atoms with Crippen molar-refractivity contribution in [3.05, 3.63) is 0 Å². The molecule has 0 aromatic heterocycles. The topological polar surface area (TPSA) is 126 Å². The van der Waals surface area contributed by atoms with Crippen LogP contribution < -0.4 is 0 Å². The number of ether oxygens (including phenoxy) is 3. The Hall–Kier alpha value is -2.24. The Bertz CT molecular complexity index is 1130. The van der Waals surface area contributed by atoms with Crippen molar-refractivity contribution in [3.8, 4) is 0 Å². The first kappa shape index (κ1) is 40.2. The van der Waals surface area contributed by atoms with E-state index in [4.69, 9.17) is 14.2 Å². The molecule has 0 saturated carbocycles. The molecule has 11 nitrogen and oxygen atoms in total. The van der Waals surface area contributed by atoms with Crippen molar-refractivity contribution >= 4 is 23.9 Å². The van der Waals surface area contributed by atoms with Gasteiger partial charge in [0.25, 0.3) is 0 Å². The van der Waals surface area contributed by atoms with E-state index in [1.54, 1.807) is 0 Å². The third kappa shape index (κ3) is 8.73. The van der Waals surface area contributed by atoms with Crippen LogP contribution in [0.1, 0.15) is 128 Å². The number of esters is 3. The fraction of sp³-hybridized carbons (Fsp3) is 0.892. The zero-order chi connectivity index (χ0) is 37.0. The summed E-state index contributed by atoms with van der Waals surface area (Å²) in [5, 5.41) is 10.00. The quantitative estimate of drug-likeness (QED) is 0.194. The van der Waals surface area contributed by atoms with Crippen molar-refractivity contribution in [1.82, 2.24) is 14.7 Å². The van der Waals surface area contributed by atoms with Crippen LogP contribution in [0.25, 0.3) is 0 Å². The van der Waals surface area contributed by atoms with Gasteiger partial charge < -0.3 is 19.3 Å². The van der Waals surface area contributed by atoms with E-state index in [0.29, 0.717) is 38.5 Å². The number of carboxylic acids is 1. The molecule has 3 heterocycles. The Balaban J connectivity index is 1.98. The molecule has 276 valence electrons. The molecule has 11 heteroatoms. The van der Waals surface area contributed by atoms with Gasteiger partial charge in [-0.05, 0) is 104 Å². The molecule has 0 spiro atoms. The van der Waals surface area contributed by atoms with Gasteiger partial charge in [0.05, 0.1) is 12.3 Å². The highest BCUT2D eigenvalue weighted by Crippen LogP contribution is 2.42. The third-order valence-electron chi connectivity index (χ3n) is 12.3. The van der Waals surface area contributed by atoms with Crippen molar-refractivity contribution in [1.29, 1.82) is 0 Å². The monoisotopic (exact) mass is 679 g/mol. The molecule has 1 N–H and O–H groups in total. The molecule has 3 aliphatic rings. The largest absolute Gasteiger partial charge is 0.481 e. The summed E-state index contributed by atoms with van der Waals surface area (Å²) in [6.07, 6.45) is 0.638. The van der Waals surface area contributed by atoms with Crippen LogP contribution in [-0.4, -0.2) is 116 Å². The van der Waals surface area contributed by atoms with Crippen LogP contribution in [0, 0.1) is 11.8 Å². The number of carbonyl (C=O) groups is 4. The zero-order valence-electron chi connectivity index (χ0n) is 32.5. The molecule has 3 saturated heterocycles. The van der Waals surface area contributed by atoms with Crippen LogP contribution in [-0.2, 0) is 33.4 Å². The number of hydrogen-bond acceptors (Lipinski definition) is 10. The summed E-state index contributed by atoms with van der Waals surface area (Å²) in [5.41, 5.74) is -1.90. The van der Waals surface area contributed by atoms with Crippen LogP contribution in [0.3, 0.4) is 0 Å². The van der Waals surface area contributed by atoms with E-state index >= 15 is 0 Å². The average molecular weight is 680 g/mol. The second-order valence-electron chi connectivity index (χ2n) is 18.6. The molecule has 0 radical (unpaired) electrons. The molecule has 3 aliphatic heterocycles. The van der Waals surface area contributed by atoms with E-state index in [-0.39, 0.29) is 33.2 Å². The van der Waals surface area contributed by atoms with E-state index in [9.17, 15) is 24.3 Å². The first-order valence-electron chi connectivity index (χ1n) is 17.6. The average Bonchev–Trinajstić information content (AvgIpc) is 2.87. The number of rotatable bonds is 9. The van der Waals surface area contributed by atoms with Crippen molar-refractivity contribution in [2.24, 2.45) is 11.8 Å². The van der Waals surface area contributed by atoms with Crippen LogP contribution in [0.5, 0.6) is 0 Å². The van der Waals surface area contributed by atoms with Gasteiger partial charge in [-0.25, -0.2) is 0 Å². The van der Waals surface area contributed by atoms with Gasteiger partial charge in [-0.2, -0.15) is 0 Å². The Morgan fingerprint density at radius 1 is 0.521 bits per heavy atom. The minimum atomic E-state index is -1.79. The Kier molecular flexibility index (Phi) is 11.3. The lowest BCUT2D eigenvalue weighted by molar-refractivity contribution is -0.188. The van der Waals surface area contributed by atoms with Crippen molar-refractivity contribution in [2.75, 3.05) is 21.1 Å². The molecule has 1 unspecified atom stereocenters. The van der Waals surface area contributed by atoms with E-state index < -0.39 is 60.4 Å². The molecule has 3 rings (SSSR count). The molecule has 0 bridgehead atoms. The highest BCUT2D eigenvalue weighted by atomic mass is 16.6. The maximum absolute atomic E-state index is 14.2. The van der Waals surface area contributed by atoms with E-state index in [0.717, 1.165) is 0 Å². The smallest absolute Gasteiger partial charge is 0.321 e. The number of piperidine rings is 3. The summed E-state index contributed by atoms with van der Waals surface area (Å²) >= 11 is 0. The number of aliphatic carboxylic acids is 1. The number of likely N-dealkylation sites (tertiary alicyclic amines) is 3. The molecule has 48 heavy (non-hydrogen) atoms. The zero-order valence-corrected chi connectivity index (χ0v) is 32.5. The van der Waals surface area contributed by atoms with Gasteiger partial charge in [0.1, 0.15) is 18.3 Å². The second kappa shape index (κ2) is 13.5. The summed E-state index contributed by atoms with van der Waals surface area (Å²) in [7, 11) is 6.10. The number of nitrogens with zero attached hydrogens (tertiary/aromatic N) is 3. The number of carbonyl (C=O) groups excluding carboxylic acids is 3. The van der Waals surface area contributed by atoms with Gasteiger partial charge in [0.2, 0.25) is 0 Å². The maximum Gasteiger partial charge on any atom is 0.321 e. The molecule has 1 atom stereocenters. The van der Waals surface area contributed by atoms with Crippen molar-refractivity contribution < 1.29 is 38.5 Å². The Labute approximate surface area is 289 Å². The normalized spacial score (nSPS) is 26.8. The lowest BCUT2D eigenvalue weighted by Gasteiger charge is -2.53. The molecule has 3 fully saturated rings. The van der Waals surface area contributed by atoms with E-state index in [1.165, 1.54) is 0 Å². The molecular formula is C37H65N3O8. The SMILES string of the molecule is CN1C(C)(C)CC(OC(=O)C(CC(=O)O)C(C(=O)OC2CC(C)(C)N(C)C(C)(C)C2)C(=O)OC2CC(C)(C)N(C)C(C)(C)C2)CC1(C)C. The summed E-state index contributed by atoms with van der Waals surface area (Å²) in [6, 6.07) is 0. The third-order valence-corrected chi connectivity index (χ3v) is 12.3. The maximum atomic E-state index is 14.2. The van der Waals surface area contributed by atoms with Gasteiger partial charge in [-0.15, -0.1) is 0 Å². The van der Waals surface area contributed by atoms with Crippen LogP contribution >= 0.6 is 0 Å². The van der Waals surface area contributed by atoms with Crippen molar-refractivity contribution in [2.45, 2.75) is 180 Å². The first-order chi connectivity index (χ1) is 21.5. The second-order valence-corrected chi connectivity index (χ2v) is 18.6. The van der Waals surface area contributed by atoms with Crippen molar-refractivity contribution in [3.63, 3.8) is 0 Å².